The molecule has 0 radical (unpaired) electrons. The van der Waals surface area contributed by atoms with Gasteiger partial charge in [0.2, 0.25) is 0 Å². The molecule has 1 aromatic carbocycles. The molecule has 1 N–H and O–H groups in total. The van der Waals surface area contributed by atoms with Crippen molar-refractivity contribution in [2.45, 2.75) is 19.4 Å². The van der Waals surface area contributed by atoms with Gasteiger partial charge in [-0.1, -0.05) is 15.9 Å². The summed E-state index contributed by atoms with van der Waals surface area (Å²) in [5.74, 6) is -0.702. The zero-order chi connectivity index (χ0) is 13.9. The van der Waals surface area contributed by atoms with Crippen molar-refractivity contribution >= 4 is 21.8 Å². The van der Waals surface area contributed by atoms with E-state index in [1.807, 2.05) is 32.8 Å². The second-order valence-corrected chi connectivity index (χ2v) is 5.96. The molecule has 1 rings (SSSR count). The van der Waals surface area contributed by atoms with Crippen LogP contribution in [-0.4, -0.2) is 37.0 Å². The molecule has 0 aliphatic carbocycles. The van der Waals surface area contributed by atoms with Gasteiger partial charge in [-0.3, -0.25) is 4.79 Å². The average molecular weight is 317 g/mol. The van der Waals surface area contributed by atoms with E-state index in [0.29, 0.717) is 16.6 Å². The van der Waals surface area contributed by atoms with E-state index in [1.165, 1.54) is 12.1 Å². The molecule has 3 nitrogen and oxygen atoms in total. The number of carbonyl (C=O) groups excluding carboxylic acids is 1. The fourth-order valence-electron chi connectivity index (χ4n) is 1.24. The Morgan fingerprint density at radius 2 is 2.00 bits per heavy atom. The normalized spacial score (nSPS) is 11.7. The predicted molar refractivity (Wildman–Crippen MR) is 74.2 cm³/mol. The first-order valence-corrected chi connectivity index (χ1v) is 6.43. The van der Waals surface area contributed by atoms with Gasteiger partial charge in [0.05, 0.1) is 0 Å². The third-order valence-corrected chi connectivity index (χ3v) is 3.47. The highest BCUT2D eigenvalue weighted by Crippen LogP contribution is 2.15. The number of benzene rings is 1. The Morgan fingerprint density at radius 3 is 2.50 bits per heavy atom. The summed E-state index contributed by atoms with van der Waals surface area (Å²) in [5.41, 5.74) is 0.164. The number of halogens is 2. The lowest BCUT2D eigenvalue weighted by Crippen LogP contribution is -2.48. The number of nitrogens with zero attached hydrogens (tertiary/aromatic N) is 1. The van der Waals surface area contributed by atoms with E-state index in [-0.39, 0.29) is 11.4 Å². The highest BCUT2D eigenvalue weighted by Gasteiger charge is 2.21. The van der Waals surface area contributed by atoms with Crippen molar-refractivity contribution in [3.8, 4) is 0 Å². The summed E-state index contributed by atoms with van der Waals surface area (Å²) in [6.45, 7) is 4.54. The number of rotatable bonds is 4. The topological polar surface area (TPSA) is 32.3 Å². The smallest absolute Gasteiger partial charge is 0.251 e. The quantitative estimate of drug-likeness (QED) is 0.926. The van der Waals surface area contributed by atoms with Crippen LogP contribution in [0.5, 0.6) is 0 Å². The third-order valence-electron chi connectivity index (χ3n) is 3.02. The number of amides is 1. The lowest BCUT2D eigenvalue weighted by atomic mass is 10.0. The number of nitrogens with one attached hydrogen (secondary N) is 1. The van der Waals surface area contributed by atoms with Gasteiger partial charge in [0.1, 0.15) is 5.82 Å². The predicted octanol–water partition coefficient (Wildman–Crippen LogP) is 2.66. The van der Waals surface area contributed by atoms with Crippen molar-refractivity contribution in [3.63, 3.8) is 0 Å². The van der Waals surface area contributed by atoms with Gasteiger partial charge in [-0.15, -0.1) is 0 Å². The van der Waals surface area contributed by atoms with Crippen LogP contribution < -0.4 is 5.32 Å². The van der Waals surface area contributed by atoms with Crippen molar-refractivity contribution in [3.05, 3.63) is 34.1 Å². The minimum Gasteiger partial charge on any atom is -0.350 e. The van der Waals surface area contributed by atoms with E-state index in [0.717, 1.165) is 0 Å². The fraction of sp³-hybridized carbons (Fsp3) is 0.462. The second-order valence-electron chi connectivity index (χ2n) is 5.05. The molecule has 0 aliphatic rings. The minimum absolute atomic E-state index is 0.153. The summed E-state index contributed by atoms with van der Waals surface area (Å²) in [7, 11) is 3.90. The first kappa shape index (κ1) is 15.1. The van der Waals surface area contributed by atoms with Crippen LogP contribution in [0.1, 0.15) is 24.2 Å². The monoisotopic (exact) mass is 316 g/mol. The summed E-state index contributed by atoms with van der Waals surface area (Å²) in [6, 6.07) is 4.14. The Labute approximate surface area is 115 Å². The summed E-state index contributed by atoms with van der Waals surface area (Å²) in [6.07, 6.45) is 0. The van der Waals surface area contributed by atoms with Crippen molar-refractivity contribution in [2.75, 3.05) is 20.6 Å². The SMILES string of the molecule is CN(C)C(C)(C)CNC(=O)c1cc(F)cc(Br)c1. The zero-order valence-corrected chi connectivity index (χ0v) is 12.6. The molecule has 1 aromatic rings. The maximum Gasteiger partial charge on any atom is 0.251 e. The van der Waals surface area contributed by atoms with E-state index >= 15 is 0 Å². The van der Waals surface area contributed by atoms with Gasteiger partial charge in [-0.05, 0) is 46.1 Å². The van der Waals surface area contributed by atoms with Gasteiger partial charge in [-0.2, -0.15) is 0 Å². The summed E-state index contributed by atoms with van der Waals surface area (Å²) in [5, 5.41) is 2.81. The molecule has 0 saturated carbocycles. The molecule has 0 spiro atoms. The summed E-state index contributed by atoms with van der Waals surface area (Å²) >= 11 is 3.17. The van der Waals surface area contributed by atoms with Crippen LogP contribution in [0.2, 0.25) is 0 Å². The largest absolute Gasteiger partial charge is 0.350 e. The molecule has 1 amide bonds. The van der Waals surface area contributed by atoms with Gasteiger partial charge in [-0.25, -0.2) is 4.39 Å². The molecule has 18 heavy (non-hydrogen) atoms. The molecule has 0 saturated heterocycles. The summed E-state index contributed by atoms with van der Waals surface area (Å²) < 4.78 is 13.7. The molecular weight excluding hydrogens is 299 g/mol. The van der Waals surface area contributed by atoms with Crippen LogP contribution >= 0.6 is 15.9 Å². The van der Waals surface area contributed by atoms with Crippen LogP contribution in [0.25, 0.3) is 0 Å². The second kappa shape index (κ2) is 5.80. The Hall–Kier alpha value is -0.940. The van der Waals surface area contributed by atoms with E-state index in [1.54, 1.807) is 6.07 Å². The molecular formula is C13H18BrFN2O. The van der Waals surface area contributed by atoms with Crippen molar-refractivity contribution in [1.82, 2.24) is 10.2 Å². The Balaban J connectivity index is 2.72. The van der Waals surface area contributed by atoms with Gasteiger partial charge >= 0.3 is 0 Å². The van der Waals surface area contributed by atoms with Crippen LogP contribution in [-0.2, 0) is 0 Å². The van der Waals surface area contributed by atoms with Gasteiger partial charge in [0, 0.05) is 22.1 Å². The molecule has 100 valence electrons. The Bertz CT molecular complexity index is 426. The maximum atomic E-state index is 13.2. The average Bonchev–Trinajstić information content (AvgIpc) is 2.24. The van der Waals surface area contributed by atoms with E-state index < -0.39 is 5.82 Å². The van der Waals surface area contributed by atoms with Crippen LogP contribution in [0.3, 0.4) is 0 Å². The molecule has 0 atom stereocenters. The minimum atomic E-state index is -0.429. The first-order valence-electron chi connectivity index (χ1n) is 5.64. The van der Waals surface area contributed by atoms with Crippen LogP contribution in [0, 0.1) is 5.82 Å². The molecule has 0 aromatic heterocycles. The molecule has 0 bridgehead atoms. The van der Waals surface area contributed by atoms with E-state index in [4.69, 9.17) is 0 Å². The first-order chi connectivity index (χ1) is 8.22. The van der Waals surface area contributed by atoms with Crippen LogP contribution in [0.4, 0.5) is 4.39 Å². The highest BCUT2D eigenvalue weighted by atomic mass is 79.9. The highest BCUT2D eigenvalue weighted by molar-refractivity contribution is 9.10. The van der Waals surface area contributed by atoms with Crippen molar-refractivity contribution < 1.29 is 9.18 Å². The number of hydrogen-bond acceptors (Lipinski definition) is 2. The molecule has 0 fully saturated rings. The Morgan fingerprint density at radius 1 is 1.39 bits per heavy atom. The van der Waals surface area contributed by atoms with E-state index in [9.17, 15) is 9.18 Å². The van der Waals surface area contributed by atoms with Crippen molar-refractivity contribution in [2.24, 2.45) is 0 Å². The van der Waals surface area contributed by atoms with Gasteiger partial charge < -0.3 is 10.2 Å². The van der Waals surface area contributed by atoms with Gasteiger partial charge in [0.15, 0.2) is 0 Å². The Kier molecular flexibility index (Phi) is 4.87. The standard InChI is InChI=1S/C13H18BrFN2O/c1-13(2,17(3)4)8-16-12(18)9-5-10(14)7-11(15)6-9/h5-7H,8H2,1-4H3,(H,16,18). The number of carbonyl (C=O) groups is 1. The van der Waals surface area contributed by atoms with Gasteiger partial charge in [0.25, 0.3) is 5.91 Å². The lowest BCUT2D eigenvalue weighted by molar-refractivity contribution is 0.0919. The van der Waals surface area contributed by atoms with Crippen LogP contribution in [0.15, 0.2) is 22.7 Å². The fourth-order valence-corrected chi connectivity index (χ4v) is 1.71. The molecule has 5 heteroatoms. The number of hydrogen-bond donors (Lipinski definition) is 1. The van der Waals surface area contributed by atoms with E-state index in [2.05, 4.69) is 21.2 Å². The zero-order valence-electron chi connectivity index (χ0n) is 11.1. The molecule has 0 aliphatic heterocycles. The van der Waals surface area contributed by atoms with Crippen molar-refractivity contribution in [1.29, 1.82) is 0 Å². The lowest BCUT2D eigenvalue weighted by Gasteiger charge is -2.32. The number of likely N-dealkylation sites (N-methyl/N-ethyl adjacent to an activating group) is 1. The maximum absolute atomic E-state index is 13.2. The molecule has 0 unspecified atom stereocenters. The summed E-state index contributed by atoms with van der Waals surface area (Å²) in [4.78, 5) is 13.9. The third kappa shape index (κ3) is 4.07. The molecule has 0 heterocycles.